The highest BCUT2D eigenvalue weighted by atomic mass is 16.7. The summed E-state index contributed by atoms with van der Waals surface area (Å²) in [5, 5.41) is 10.8. The van der Waals surface area contributed by atoms with Crippen molar-refractivity contribution < 1.29 is 14.4 Å². The quantitative estimate of drug-likeness (QED) is 0.623. The molecule has 1 saturated carbocycles. The van der Waals surface area contributed by atoms with E-state index in [4.69, 9.17) is 9.31 Å². The molecule has 21 heavy (non-hydrogen) atoms. The molecule has 0 aromatic carbocycles. The second-order valence-corrected chi connectivity index (χ2v) is 7.88. The minimum absolute atomic E-state index is 0.338. The van der Waals surface area contributed by atoms with Gasteiger partial charge in [-0.1, -0.05) is 18.1 Å². The van der Waals surface area contributed by atoms with Crippen molar-refractivity contribution >= 4 is 7.12 Å². The lowest BCUT2D eigenvalue weighted by atomic mass is 9.70. The van der Waals surface area contributed by atoms with Crippen molar-refractivity contribution in [3.8, 4) is 0 Å². The normalized spacial score (nSPS) is 37.0. The first-order chi connectivity index (χ1) is 9.45. The van der Waals surface area contributed by atoms with Crippen LogP contribution in [0.4, 0.5) is 0 Å². The number of hydrogen-bond acceptors (Lipinski definition) is 3. The first-order valence-electron chi connectivity index (χ1n) is 7.89. The van der Waals surface area contributed by atoms with Gasteiger partial charge in [0.25, 0.3) is 0 Å². The molecule has 2 rings (SSSR count). The van der Waals surface area contributed by atoms with Crippen molar-refractivity contribution in [2.45, 2.75) is 77.6 Å². The van der Waals surface area contributed by atoms with Crippen LogP contribution in [-0.2, 0) is 9.31 Å². The van der Waals surface area contributed by atoms with Gasteiger partial charge in [-0.3, -0.25) is 0 Å². The molecular weight excluding hydrogens is 263 g/mol. The van der Waals surface area contributed by atoms with E-state index >= 15 is 0 Å². The van der Waals surface area contributed by atoms with Gasteiger partial charge in [-0.25, -0.2) is 0 Å². The fourth-order valence-corrected chi connectivity index (χ4v) is 3.12. The van der Waals surface area contributed by atoms with Crippen LogP contribution in [0.2, 0.25) is 0 Å². The summed E-state index contributed by atoms with van der Waals surface area (Å²) in [5.74, 6) is 2.38. The van der Waals surface area contributed by atoms with Gasteiger partial charge in [0, 0.05) is 0 Å². The molecule has 2 fully saturated rings. The predicted octanol–water partition coefficient (Wildman–Crippen LogP) is 3.67. The molecule has 1 aliphatic heterocycles. The molecule has 0 aromatic heterocycles. The lowest BCUT2D eigenvalue weighted by Gasteiger charge is -2.37. The Morgan fingerprint density at radius 3 is 2.19 bits per heavy atom. The van der Waals surface area contributed by atoms with Gasteiger partial charge in [-0.2, -0.15) is 0 Å². The monoisotopic (exact) mass is 292 g/mol. The molecule has 2 atom stereocenters. The smallest absolute Gasteiger partial charge is 0.400 e. The first kappa shape index (κ1) is 16.8. The van der Waals surface area contributed by atoms with Crippen LogP contribution >= 0.6 is 0 Å². The van der Waals surface area contributed by atoms with Crippen LogP contribution < -0.4 is 0 Å². The van der Waals surface area contributed by atoms with Crippen molar-refractivity contribution in [1.29, 1.82) is 0 Å². The zero-order chi connectivity index (χ0) is 16.1. The SMILES string of the molecule is C=C(C)[C@@H]1CC/C(=C\B2OC(C)(C)C(C)(C)O2)C(C)(O)C1. The van der Waals surface area contributed by atoms with Crippen LogP contribution in [0.3, 0.4) is 0 Å². The molecule has 4 heteroatoms. The first-order valence-corrected chi connectivity index (χ1v) is 7.89. The Labute approximate surface area is 129 Å². The molecule has 0 aromatic rings. The molecule has 0 amide bonds. The van der Waals surface area contributed by atoms with Crippen molar-refractivity contribution in [3.05, 3.63) is 23.7 Å². The zero-order valence-electron chi connectivity index (χ0n) is 14.3. The summed E-state index contributed by atoms with van der Waals surface area (Å²) in [6, 6.07) is 0. The number of allylic oxidation sites excluding steroid dienone is 1. The van der Waals surface area contributed by atoms with Crippen molar-refractivity contribution in [2.75, 3.05) is 0 Å². The topological polar surface area (TPSA) is 38.7 Å². The van der Waals surface area contributed by atoms with Crippen molar-refractivity contribution in [2.24, 2.45) is 5.92 Å². The summed E-state index contributed by atoms with van der Waals surface area (Å²) >= 11 is 0. The molecule has 2 aliphatic rings. The number of rotatable bonds is 2. The van der Waals surface area contributed by atoms with Gasteiger partial charge in [0.1, 0.15) is 0 Å². The van der Waals surface area contributed by atoms with E-state index in [2.05, 4.69) is 6.58 Å². The molecule has 3 nitrogen and oxygen atoms in total. The molecule has 0 bridgehead atoms. The van der Waals surface area contributed by atoms with Gasteiger partial charge >= 0.3 is 7.12 Å². The predicted molar refractivity (Wildman–Crippen MR) is 86.9 cm³/mol. The van der Waals surface area contributed by atoms with E-state index in [1.165, 1.54) is 0 Å². The van der Waals surface area contributed by atoms with Crippen LogP contribution in [0.5, 0.6) is 0 Å². The molecule has 1 heterocycles. The Hall–Kier alpha value is -0.575. The maximum atomic E-state index is 10.8. The van der Waals surface area contributed by atoms with Crippen LogP contribution in [-0.4, -0.2) is 29.0 Å². The van der Waals surface area contributed by atoms with Gasteiger partial charge in [0.15, 0.2) is 0 Å². The fraction of sp³-hybridized carbons (Fsp3) is 0.765. The summed E-state index contributed by atoms with van der Waals surface area (Å²) in [6.07, 6.45) is 2.64. The average molecular weight is 292 g/mol. The minimum Gasteiger partial charge on any atom is -0.400 e. The molecule has 118 valence electrons. The third kappa shape index (κ3) is 3.28. The summed E-state index contributed by atoms with van der Waals surface area (Å²) in [4.78, 5) is 0. The van der Waals surface area contributed by atoms with Crippen molar-refractivity contribution in [1.82, 2.24) is 0 Å². The second-order valence-electron chi connectivity index (χ2n) is 7.88. The molecule has 1 saturated heterocycles. The van der Waals surface area contributed by atoms with E-state index in [9.17, 15) is 5.11 Å². The van der Waals surface area contributed by atoms with E-state index < -0.39 is 5.60 Å². The highest BCUT2D eigenvalue weighted by molar-refractivity contribution is 6.51. The largest absolute Gasteiger partial charge is 0.487 e. The van der Waals surface area contributed by atoms with Gasteiger partial charge in [0.2, 0.25) is 0 Å². The maximum Gasteiger partial charge on any atom is 0.487 e. The summed E-state index contributed by atoms with van der Waals surface area (Å²) < 4.78 is 12.0. The molecule has 1 N–H and O–H groups in total. The van der Waals surface area contributed by atoms with E-state index in [1.807, 2.05) is 47.5 Å². The van der Waals surface area contributed by atoms with Gasteiger partial charge in [-0.05, 0) is 72.3 Å². The van der Waals surface area contributed by atoms with Crippen LogP contribution in [0.15, 0.2) is 23.7 Å². The molecular formula is C17H29BO3. The highest BCUT2D eigenvalue weighted by Crippen LogP contribution is 2.42. The van der Waals surface area contributed by atoms with Gasteiger partial charge in [-0.15, -0.1) is 0 Å². The van der Waals surface area contributed by atoms with E-state index in [1.54, 1.807) is 0 Å². The van der Waals surface area contributed by atoms with Crippen LogP contribution in [0.1, 0.15) is 60.8 Å². The third-order valence-corrected chi connectivity index (χ3v) is 5.40. The number of aliphatic hydroxyl groups is 1. The van der Waals surface area contributed by atoms with E-state index in [0.29, 0.717) is 5.92 Å². The van der Waals surface area contributed by atoms with Gasteiger partial charge in [0.05, 0.1) is 16.8 Å². The molecule has 1 aliphatic carbocycles. The van der Waals surface area contributed by atoms with Crippen LogP contribution in [0, 0.1) is 5.92 Å². The Bertz CT molecular complexity index is 447. The minimum atomic E-state index is -0.800. The Kier molecular flexibility index (Phi) is 4.20. The maximum absolute atomic E-state index is 10.8. The van der Waals surface area contributed by atoms with E-state index in [0.717, 1.165) is 30.4 Å². The Morgan fingerprint density at radius 1 is 1.24 bits per heavy atom. The second kappa shape index (κ2) is 5.25. The zero-order valence-corrected chi connectivity index (χ0v) is 14.3. The standard InChI is InChI=1S/C17H29BO3/c1-12(2)13-8-9-14(17(7,19)10-13)11-18-20-15(3,4)16(5,6)21-18/h11,13,19H,1,8-10H2,2-7H3/b14-11+/t13-,17?/m1/s1. The Morgan fingerprint density at radius 2 is 1.76 bits per heavy atom. The summed E-state index contributed by atoms with van der Waals surface area (Å²) in [7, 11) is -0.377. The summed E-state index contributed by atoms with van der Waals surface area (Å²) in [5.41, 5.74) is 0.708. The van der Waals surface area contributed by atoms with Crippen LogP contribution in [0.25, 0.3) is 0 Å². The summed E-state index contributed by atoms with van der Waals surface area (Å²) in [6.45, 7) is 16.1. The van der Waals surface area contributed by atoms with E-state index in [-0.39, 0.29) is 18.3 Å². The molecule has 0 radical (unpaired) electrons. The average Bonchev–Trinajstić information content (AvgIpc) is 2.49. The van der Waals surface area contributed by atoms with Gasteiger partial charge < -0.3 is 14.4 Å². The highest BCUT2D eigenvalue weighted by Gasteiger charge is 2.51. The Balaban J connectivity index is 2.14. The third-order valence-electron chi connectivity index (χ3n) is 5.40. The lowest BCUT2D eigenvalue weighted by Crippen LogP contribution is -2.41. The number of hydrogen-bond donors (Lipinski definition) is 1. The molecule has 0 spiro atoms. The molecule has 1 unspecified atom stereocenters. The fourth-order valence-electron chi connectivity index (χ4n) is 3.12. The van der Waals surface area contributed by atoms with Crippen molar-refractivity contribution in [3.63, 3.8) is 0 Å². The lowest BCUT2D eigenvalue weighted by molar-refractivity contribution is 0.00578.